The number of esters is 1. The number of hydrogen-bond donors (Lipinski definition) is 0. The molecular weight excluding hydrogens is 338 g/mol. The van der Waals surface area contributed by atoms with Gasteiger partial charge in [-0.15, -0.1) is 0 Å². The minimum absolute atomic E-state index is 0.0366. The lowest BCUT2D eigenvalue weighted by atomic mass is 9.96. The van der Waals surface area contributed by atoms with E-state index in [1.165, 1.54) is 0 Å². The third kappa shape index (κ3) is 3.69. The minimum atomic E-state index is -4.66. The number of hydrogen-bond acceptors (Lipinski definition) is 2. The van der Waals surface area contributed by atoms with Crippen LogP contribution in [0.25, 0.3) is 11.1 Å². The third-order valence-electron chi connectivity index (χ3n) is 3.28. The second-order valence-electron chi connectivity index (χ2n) is 4.82. The number of rotatable bonds is 2. The maximum Gasteiger partial charge on any atom is 0.416 e. The van der Waals surface area contributed by atoms with Crippen LogP contribution in [0.1, 0.15) is 21.5 Å². The molecule has 0 amide bonds. The highest BCUT2D eigenvalue weighted by molar-refractivity contribution is 5.97. The summed E-state index contributed by atoms with van der Waals surface area (Å²) in [6.07, 6.45) is -9.23. The molecule has 0 N–H and O–H groups in total. The lowest BCUT2D eigenvalue weighted by molar-refractivity contribution is -0.138. The molecule has 2 aromatic carbocycles. The fourth-order valence-electron chi connectivity index (χ4n) is 2.09. The molecule has 0 spiro atoms. The van der Waals surface area contributed by atoms with E-state index < -0.39 is 29.4 Å². The first-order valence-electron chi connectivity index (χ1n) is 6.51. The van der Waals surface area contributed by atoms with Crippen molar-refractivity contribution in [2.45, 2.75) is 12.4 Å². The van der Waals surface area contributed by atoms with Crippen LogP contribution in [0, 0.1) is 0 Å². The highest BCUT2D eigenvalue weighted by Gasteiger charge is 2.32. The number of carbonyl (C=O) groups is 1. The largest absolute Gasteiger partial charge is 0.465 e. The second-order valence-corrected chi connectivity index (χ2v) is 4.82. The molecule has 0 saturated carbocycles. The van der Waals surface area contributed by atoms with Crippen molar-refractivity contribution >= 4 is 5.97 Å². The Morgan fingerprint density at radius 3 is 1.79 bits per heavy atom. The summed E-state index contributed by atoms with van der Waals surface area (Å²) in [5.74, 6) is -0.890. The number of alkyl halides is 6. The molecule has 0 radical (unpaired) electrons. The average Bonchev–Trinajstić information content (AvgIpc) is 2.52. The van der Waals surface area contributed by atoms with E-state index in [-0.39, 0.29) is 16.7 Å². The smallest absolute Gasteiger partial charge is 0.416 e. The van der Waals surface area contributed by atoms with Gasteiger partial charge in [-0.2, -0.15) is 26.3 Å². The molecule has 2 rings (SSSR count). The molecule has 0 aliphatic heterocycles. The van der Waals surface area contributed by atoms with Gasteiger partial charge in [0.25, 0.3) is 0 Å². The van der Waals surface area contributed by atoms with Crippen LogP contribution in [0.15, 0.2) is 42.5 Å². The van der Waals surface area contributed by atoms with E-state index in [9.17, 15) is 31.1 Å². The number of benzene rings is 2. The van der Waals surface area contributed by atoms with Crippen molar-refractivity contribution in [3.8, 4) is 11.1 Å². The summed E-state index contributed by atoms with van der Waals surface area (Å²) in [5, 5.41) is 0. The molecule has 0 fully saturated rings. The van der Waals surface area contributed by atoms with Crippen molar-refractivity contribution < 1.29 is 35.9 Å². The molecule has 0 bridgehead atoms. The molecule has 0 aromatic heterocycles. The number of carbonyl (C=O) groups excluding carboxylic acids is 1. The summed E-state index contributed by atoms with van der Waals surface area (Å²) >= 11 is 0. The monoisotopic (exact) mass is 348 g/mol. The van der Waals surface area contributed by atoms with E-state index in [0.29, 0.717) is 12.1 Å². The summed E-state index contributed by atoms with van der Waals surface area (Å²) in [5.41, 5.74) is -2.27. The lowest BCUT2D eigenvalue weighted by Crippen LogP contribution is -2.09. The molecule has 128 valence electrons. The van der Waals surface area contributed by atoms with Gasteiger partial charge in [-0.1, -0.05) is 12.1 Å². The van der Waals surface area contributed by atoms with Crippen molar-refractivity contribution in [3.63, 3.8) is 0 Å². The molecule has 0 aliphatic rings. The van der Waals surface area contributed by atoms with E-state index in [0.717, 1.165) is 37.4 Å². The second kappa shape index (κ2) is 6.18. The Hall–Kier alpha value is -2.51. The van der Waals surface area contributed by atoms with Crippen LogP contribution in [0.5, 0.6) is 0 Å². The van der Waals surface area contributed by atoms with Crippen molar-refractivity contribution in [2.24, 2.45) is 0 Å². The molecule has 0 atom stereocenters. The van der Waals surface area contributed by atoms with E-state index in [1.807, 2.05) is 0 Å². The van der Waals surface area contributed by atoms with Crippen molar-refractivity contribution in [2.75, 3.05) is 7.11 Å². The van der Waals surface area contributed by atoms with E-state index >= 15 is 0 Å². The number of ether oxygens (including phenoxy) is 1. The fraction of sp³-hybridized carbons (Fsp3) is 0.188. The van der Waals surface area contributed by atoms with Gasteiger partial charge in [0.1, 0.15) is 0 Å². The predicted octanol–water partition coefficient (Wildman–Crippen LogP) is 5.18. The normalized spacial score (nSPS) is 12.1. The number of halogens is 6. The summed E-state index contributed by atoms with van der Waals surface area (Å²) in [6, 6.07) is 5.82. The summed E-state index contributed by atoms with van der Waals surface area (Å²) in [6.45, 7) is 0. The van der Waals surface area contributed by atoms with Crippen LogP contribution in [0.3, 0.4) is 0 Å². The summed E-state index contributed by atoms with van der Waals surface area (Å²) in [7, 11) is 1.05. The molecule has 0 saturated heterocycles. The first-order chi connectivity index (χ1) is 11.0. The van der Waals surface area contributed by atoms with Crippen molar-refractivity contribution in [3.05, 3.63) is 59.2 Å². The maximum atomic E-state index is 12.9. The van der Waals surface area contributed by atoms with Crippen LogP contribution in [0.4, 0.5) is 26.3 Å². The van der Waals surface area contributed by atoms with Gasteiger partial charge in [0, 0.05) is 0 Å². The van der Waals surface area contributed by atoms with Gasteiger partial charge < -0.3 is 4.74 Å². The van der Waals surface area contributed by atoms with Gasteiger partial charge >= 0.3 is 18.3 Å². The first kappa shape index (κ1) is 17.8. The highest BCUT2D eigenvalue weighted by Crippen LogP contribution is 2.36. The molecule has 2 nitrogen and oxygen atoms in total. The molecular formula is C16H10F6O2. The van der Waals surface area contributed by atoms with Gasteiger partial charge in [0.15, 0.2) is 0 Å². The van der Waals surface area contributed by atoms with E-state index in [1.54, 1.807) is 0 Å². The predicted molar refractivity (Wildman–Crippen MR) is 73.2 cm³/mol. The van der Waals surface area contributed by atoms with Crippen molar-refractivity contribution in [1.82, 2.24) is 0 Å². The molecule has 0 heterocycles. The van der Waals surface area contributed by atoms with Gasteiger partial charge in [-0.25, -0.2) is 4.79 Å². The molecule has 0 unspecified atom stereocenters. The quantitative estimate of drug-likeness (QED) is 0.552. The van der Waals surface area contributed by atoms with Crippen LogP contribution in [-0.4, -0.2) is 13.1 Å². The van der Waals surface area contributed by atoms with Gasteiger partial charge in [-0.3, -0.25) is 0 Å². The number of methoxy groups -OCH3 is 1. The Kier molecular flexibility index (Phi) is 4.59. The van der Waals surface area contributed by atoms with E-state index in [2.05, 4.69) is 4.74 Å². The highest BCUT2D eigenvalue weighted by atomic mass is 19.4. The van der Waals surface area contributed by atoms with Crippen molar-refractivity contribution in [1.29, 1.82) is 0 Å². The van der Waals surface area contributed by atoms with E-state index in [4.69, 9.17) is 0 Å². The van der Waals surface area contributed by atoms with Crippen LogP contribution in [-0.2, 0) is 17.1 Å². The van der Waals surface area contributed by atoms with Gasteiger partial charge in [0.2, 0.25) is 0 Å². The molecule has 0 aliphatic carbocycles. The van der Waals surface area contributed by atoms with Crippen LogP contribution >= 0.6 is 0 Å². The molecule has 2 aromatic rings. The van der Waals surface area contributed by atoms with Crippen LogP contribution in [0.2, 0.25) is 0 Å². The standard InChI is InChI=1S/C16H10F6O2/c1-24-14(23)12-7-6-11(16(20,21)22)8-13(12)9-2-4-10(5-3-9)15(17,18)19/h2-8H,1H3. The Morgan fingerprint density at radius 1 is 0.833 bits per heavy atom. The third-order valence-corrected chi connectivity index (χ3v) is 3.28. The maximum absolute atomic E-state index is 12.9. The van der Waals surface area contributed by atoms with Gasteiger partial charge in [-0.05, 0) is 41.5 Å². The zero-order chi connectivity index (χ0) is 18.1. The summed E-state index contributed by atoms with van der Waals surface area (Å²) < 4.78 is 80.8. The Bertz CT molecular complexity index is 745. The molecule has 8 heteroatoms. The lowest BCUT2D eigenvalue weighted by Gasteiger charge is -2.13. The fourth-order valence-corrected chi connectivity index (χ4v) is 2.09. The minimum Gasteiger partial charge on any atom is -0.465 e. The zero-order valence-corrected chi connectivity index (χ0v) is 12.1. The Morgan fingerprint density at radius 2 is 1.33 bits per heavy atom. The SMILES string of the molecule is COC(=O)c1ccc(C(F)(F)F)cc1-c1ccc(C(F)(F)F)cc1. The topological polar surface area (TPSA) is 26.3 Å². The average molecular weight is 348 g/mol. The first-order valence-corrected chi connectivity index (χ1v) is 6.51. The van der Waals surface area contributed by atoms with Gasteiger partial charge in [0.05, 0.1) is 23.8 Å². The Labute approximate surface area is 132 Å². The zero-order valence-electron chi connectivity index (χ0n) is 12.1. The van der Waals surface area contributed by atoms with Crippen LogP contribution < -0.4 is 0 Å². The summed E-state index contributed by atoms with van der Waals surface area (Å²) in [4.78, 5) is 11.7. The Balaban J connectivity index is 2.59. The molecule has 24 heavy (non-hydrogen) atoms.